The van der Waals surface area contributed by atoms with E-state index >= 15 is 0 Å². The Bertz CT molecular complexity index is 1230. The van der Waals surface area contributed by atoms with Gasteiger partial charge in [0.1, 0.15) is 11.6 Å². The minimum Gasteiger partial charge on any atom is -0.508 e. The van der Waals surface area contributed by atoms with Crippen LogP contribution in [0.4, 0.5) is 0 Å². The summed E-state index contributed by atoms with van der Waals surface area (Å²) in [6.07, 6.45) is 5.45. The molecule has 26 heavy (non-hydrogen) atoms. The van der Waals surface area contributed by atoms with Crippen molar-refractivity contribution in [1.82, 2.24) is 14.5 Å². The molecule has 5 rings (SSSR count). The van der Waals surface area contributed by atoms with E-state index in [2.05, 4.69) is 26.7 Å². The van der Waals surface area contributed by atoms with Gasteiger partial charge in [0.15, 0.2) is 0 Å². The van der Waals surface area contributed by atoms with Crippen molar-refractivity contribution in [2.75, 3.05) is 0 Å². The van der Waals surface area contributed by atoms with Crippen molar-refractivity contribution in [2.45, 2.75) is 0 Å². The Morgan fingerprint density at radius 2 is 1.58 bits per heavy atom. The van der Waals surface area contributed by atoms with Crippen molar-refractivity contribution < 1.29 is 5.11 Å². The summed E-state index contributed by atoms with van der Waals surface area (Å²) in [6.45, 7) is 0. The number of aromatic nitrogens is 3. The third kappa shape index (κ3) is 2.24. The van der Waals surface area contributed by atoms with E-state index in [4.69, 9.17) is 0 Å². The van der Waals surface area contributed by atoms with Gasteiger partial charge in [0, 0.05) is 46.6 Å². The van der Waals surface area contributed by atoms with Gasteiger partial charge in [-0.05, 0) is 36.4 Å². The molecule has 0 spiro atoms. The summed E-state index contributed by atoms with van der Waals surface area (Å²) < 4.78 is 2.08. The van der Waals surface area contributed by atoms with Crippen LogP contribution < -0.4 is 0 Å². The first-order valence-corrected chi connectivity index (χ1v) is 8.40. The van der Waals surface area contributed by atoms with Crippen molar-refractivity contribution >= 4 is 21.8 Å². The van der Waals surface area contributed by atoms with Gasteiger partial charge in [-0.15, -0.1) is 0 Å². The van der Waals surface area contributed by atoms with Crippen molar-refractivity contribution in [3.8, 4) is 22.7 Å². The molecule has 124 valence electrons. The smallest absolute Gasteiger partial charge is 0.137 e. The van der Waals surface area contributed by atoms with E-state index in [1.165, 1.54) is 0 Å². The fraction of sp³-hybridized carbons (Fsp3) is 0. The Labute approximate surface area is 150 Å². The summed E-state index contributed by atoms with van der Waals surface area (Å²) in [7, 11) is 0. The highest BCUT2D eigenvalue weighted by Gasteiger charge is 2.13. The Morgan fingerprint density at radius 3 is 2.38 bits per heavy atom. The molecule has 1 N–H and O–H groups in total. The van der Waals surface area contributed by atoms with Gasteiger partial charge >= 0.3 is 0 Å². The number of para-hydroxylation sites is 1. The fourth-order valence-corrected chi connectivity index (χ4v) is 3.43. The highest BCUT2D eigenvalue weighted by atomic mass is 16.3. The molecule has 0 unspecified atom stereocenters. The molecule has 0 atom stereocenters. The zero-order valence-corrected chi connectivity index (χ0v) is 13.9. The lowest BCUT2D eigenvalue weighted by molar-refractivity contribution is 0.476. The number of phenolic OH excluding ortho intramolecular Hbond substituents is 1. The van der Waals surface area contributed by atoms with E-state index in [0.717, 1.165) is 38.8 Å². The number of fused-ring (bicyclic) bond motifs is 3. The number of rotatable bonds is 2. The van der Waals surface area contributed by atoms with E-state index in [9.17, 15) is 5.11 Å². The van der Waals surface area contributed by atoms with Crippen LogP contribution in [0.1, 0.15) is 0 Å². The summed E-state index contributed by atoms with van der Waals surface area (Å²) in [5.41, 5.74) is 4.06. The van der Waals surface area contributed by atoms with Gasteiger partial charge in [0.25, 0.3) is 0 Å². The maximum absolute atomic E-state index is 9.98. The summed E-state index contributed by atoms with van der Waals surface area (Å²) in [4.78, 5) is 8.85. The molecule has 0 bridgehead atoms. The van der Waals surface area contributed by atoms with Crippen LogP contribution >= 0.6 is 0 Å². The molecule has 4 heteroatoms. The molecule has 3 heterocycles. The highest BCUT2D eigenvalue weighted by Crippen LogP contribution is 2.33. The summed E-state index contributed by atoms with van der Waals surface area (Å²) in [6, 6.07) is 21.6. The van der Waals surface area contributed by atoms with E-state index in [-0.39, 0.29) is 5.75 Å². The minimum atomic E-state index is 0.244. The predicted octanol–water partition coefficient (Wildman–Crippen LogP) is 4.95. The second-order valence-electron chi connectivity index (χ2n) is 6.20. The first-order chi connectivity index (χ1) is 12.8. The molecule has 0 saturated heterocycles. The van der Waals surface area contributed by atoms with Gasteiger partial charge in [-0.3, -0.25) is 9.55 Å². The normalized spacial score (nSPS) is 11.2. The first kappa shape index (κ1) is 14.7. The fourth-order valence-electron chi connectivity index (χ4n) is 3.43. The number of nitrogens with zero attached hydrogens (tertiary/aromatic N) is 3. The van der Waals surface area contributed by atoms with E-state index in [1.54, 1.807) is 18.3 Å². The lowest BCUT2D eigenvalue weighted by atomic mass is 10.1. The van der Waals surface area contributed by atoms with E-state index in [1.807, 2.05) is 54.9 Å². The topological polar surface area (TPSA) is 50.9 Å². The quantitative estimate of drug-likeness (QED) is 0.496. The second kappa shape index (κ2) is 5.70. The number of hydrogen-bond acceptors (Lipinski definition) is 3. The van der Waals surface area contributed by atoms with Crippen LogP contribution in [0.25, 0.3) is 38.8 Å². The molecule has 2 aromatic carbocycles. The molecular formula is C22H15N3O. The van der Waals surface area contributed by atoms with Crippen molar-refractivity contribution in [1.29, 1.82) is 0 Å². The van der Waals surface area contributed by atoms with Crippen LogP contribution in [-0.2, 0) is 0 Å². The van der Waals surface area contributed by atoms with Crippen LogP contribution in [0.2, 0.25) is 0 Å². The average molecular weight is 337 g/mol. The van der Waals surface area contributed by atoms with Crippen molar-refractivity contribution in [3.63, 3.8) is 0 Å². The number of benzene rings is 2. The number of pyridine rings is 2. The number of aromatic hydroxyl groups is 1. The maximum atomic E-state index is 9.98. The molecule has 5 aromatic rings. The van der Waals surface area contributed by atoms with Gasteiger partial charge in [-0.2, -0.15) is 0 Å². The van der Waals surface area contributed by atoms with Gasteiger partial charge in [-0.25, -0.2) is 4.98 Å². The van der Waals surface area contributed by atoms with Crippen LogP contribution in [0.3, 0.4) is 0 Å². The second-order valence-corrected chi connectivity index (χ2v) is 6.20. The largest absolute Gasteiger partial charge is 0.508 e. The van der Waals surface area contributed by atoms with Crippen LogP contribution in [0.5, 0.6) is 5.75 Å². The maximum Gasteiger partial charge on any atom is 0.137 e. The number of hydrogen-bond donors (Lipinski definition) is 1. The third-order valence-electron chi connectivity index (χ3n) is 4.63. The minimum absolute atomic E-state index is 0.244. The van der Waals surface area contributed by atoms with Crippen molar-refractivity contribution in [2.24, 2.45) is 0 Å². The third-order valence-corrected chi connectivity index (χ3v) is 4.63. The van der Waals surface area contributed by atoms with Gasteiger partial charge < -0.3 is 5.11 Å². The SMILES string of the molecule is Oc1ccc2c3ccccc3n(-c3ccc(-c4cccnc4)cn3)c2c1. The monoisotopic (exact) mass is 337 g/mol. The Hall–Kier alpha value is -3.66. The van der Waals surface area contributed by atoms with E-state index < -0.39 is 0 Å². The Balaban J connectivity index is 1.74. The molecule has 0 aliphatic carbocycles. The van der Waals surface area contributed by atoms with Crippen molar-refractivity contribution in [3.05, 3.63) is 85.3 Å². The van der Waals surface area contributed by atoms with Crippen LogP contribution in [0.15, 0.2) is 85.3 Å². The molecule has 0 radical (unpaired) electrons. The molecule has 4 nitrogen and oxygen atoms in total. The summed E-state index contributed by atoms with van der Waals surface area (Å²) in [5.74, 6) is 1.06. The van der Waals surface area contributed by atoms with E-state index in [0.29, 0.717) is 0 Å². The lowest BCUT2D eigenvalue weighted by Gasteiger charge is -2.08. The molecule has 0 aliphatic rings. The molecular weight excluding hydrogens is 322 g/mol. The molecule has 0 amide bonds. The zero-order chi connectivity index (χ0) is 17.5. The zero-order valence-electron chi connectivity index (χ0n) is 13.9. The number of phenols is 1. The standard InChI is InChI=1S/C22H15N3O/c26-17-8-9-19-18-5-1-2-6-20(18)25(21(19)12-17)22-10-7-16(14-24-22)15-4-3-11-23-13-15/h1-14,26H. The Kier molecular flexibility index (Phi) is 3.22. The molecule has 0 fully saturated rings. The molecule has 3 aromatic heterocycles. The summed E-state index contributed by atoms with van der Waals surface area (Å²) >= 11 is 0. The molecule has 0 aliphatic heterocycles. The van der Waals surface area contributed by atoms with Crippen LogP contribution in [0, 0.1) is 0 Å². The van der Waals surface area contributed by atoms with Gasteiger partial charge in [0.2, 0.25) is 0 Å². The predicted molar refractivity (Wildman–Crippen MR) is 103 cm³/mol. The van der Waals surface area contributed by atoms with Gasteiger partial charge in [0.05, 0.1) is 11.0 Å². The van der Waals surface area contributed by atoms with Gasteiger partial charge in [-0.1, -0.05) is 24.3 Å². The first-order valence-electron chi connectivity index (χ1n) is 8.40. The van der Waals surface area contributed by atoms with Crippen LogP contribution in [-0.4, -0.2) is 19.6 Å². The average Bonchev–Trinajstić information content (AvgIpc) is 3.02. The molecule has 0 saturated carbocycles. The Morgan fingerprint density at radius 1 is 0.731 bits per heavy atom. The summed E-state index contributed by atoms with van der Waals surface area (Å²) in [5, 5.41) is 12.2. The highest BCUT2D eigenvalue weighted by molar-refractivity contribution is 6.09. The lowest BCUT2D eigenvalue weighted by Crippen LogP contribution is -1.97.